The van der Waals surface area contributed by atoms with E-state index in [0.29, 0.717) is 6.04 Å². The lowest BCUT2D eigenvalue weighted by Crippen LogP contribution is -2.53. The van der Waals surface area contributed by atoms with Gasteiger partial charge in [0.15, 0.2) is 0 Å². The second kappa shape index (κ2) is 5.65. The highest BCUT2D eigenvalue weighted by atomic mass is 15.0. The van der Waals surface area contributed by atoms with Crippen LogP contribution in [0.5, 0.6) is 0 Å². The van der Waals surface area contributed by atoms with Gasteiger partial charge in [-0.2, -0.15) is 0 Å². The van der Waals surface area contributed by atoms with E-state index in [0.717, 1.165) is 6.54 Å². The first kappa shape index (κ1) is 12.6. The van der Waals surface area contributed by atoms with Crippen LogP contribution in [-0.4, -0.2) is 12.1 Å². The number of nitrogens with one attached hydrogen (secondary N) is 1. The highest BCUT2D eigenvalue weighted by molar-refractivity contribution is 5.19. The number of benzene rings is 1. The van der Waals surface area contributed by atoms with Crippen molar-refractivity contribution in [1.29, 1.82) is 0 Å². The average Bonchev–Trinajstić information content (AvgIpc) is 2.41. The summed E-state index contributed by atoms with van der Waals surface area (Å²) in [7, 11) is 0. The highest BCUT2D eigenvalue weighted by Crippen LogP contribution is 2.29. The van der Waals surface area contributed by atoms with Gasteiger partial charge in [0, 0.05) is 18.1 Å². The second-order valence-corrected chi connectivity index (χ2v) is 5.32. The molecule has 0 bridgehead atoms. The molecule has 2 rings (SSSR count). The summed E-state index contributed by atoms with van der Waals surface area (Å²) in [6.07, 6.45) is 6.43. The molecule has 1 saturated carbocycles. The van der Waals surface area contributed by atoms with E-state index in [4.69, 9.17) is 5.73 Å². The third-order valence-corrected chi connectivity index (χ3v) is 4.02. The van der Waals surface area contributed by atoms with Gasteiger partial charge < -0.3 is 11.1 Å². The molecule has 0 amide bonds. The normalized spacial score (nSPS) is 21.1. The molecule has 0 aliphatic heterocycles. The Morgan fingerprint density at radius 3 is 2.41 bits per heavy atom. The van der Waals surface area contributed by atoms with Gasteiger partial charge in [0.25, 0.3) is 0 Å². The molecule has 0 spiro atoms. The minimum Gasteiger partial charge on any atom is -0.329 e. The van der Waals surface area contributed by atoms with Crippen molar-refractivity contribution in [2.24, 2.45) is 5.73 Å². The Morgan fingerprint density at radius 1 is 1.18 bits per heavy atom. The molecule has 1 unspecified atom stereocenters. The highest BCUT2D eigenvalue weighted by Gasteiger charge is 2.31. The van der Waals surface area contributed by atoms with Crippen LogP contribution in [0, 0.1) is 0 Å². The van der Waals surface area contributed by atoms with Crippen molar-refractivity contribution in [3.8, 4) is 0 Å². The van der Waals surface area contributed by atoms with Crippen LogP contribution in [0.4, 0.5) is 0 Å². The third-order valence-electron chi connectivity index (χ3n) is 4.02. The van der Waals surface area contributed by atoms with Crippen molar-refractivity contribution in [2.45, 2.75) is 50.6 Å². The summed E-state index contributed by atoms with van der Waals surface area (Å²) in [6, 6.07) is 11.0. The Bertz CT molecular complexity index is 328. The molecular weight excluding hydrogens is 208 g/mol. The summed E-state index contributed by atoms with van der Waals surface area (Å²) in [6.45, 7) is 2.99. The molecule has 0 aromatic heterocycles. The van der Waals surface area contributed by atoms with Gasteiger partial charge in [-0.15, -0.1) is 0 Å². The largest absolute Gasteiger partial charge is 0.329 e. The Hall–Kier alpha value is -0.860. The lowest BCUT2D eigenvalue weighted by molar-refractivity contribution is 0.219. The monoisotopic (exact) mass is 232 g/mol. The van der Waals surface area contributed by atoms with Crippen molar-refractivity contribution in [3.63, 3.8) is 0 Å². The Morgan fingerprint density at radius 2 is 1.82 bits per heavy atom. The van der Waals surface area contributed by atoms with E-state index in [1.54, 1.807) is 0 Å². The fraction of sp³-hybridized carbons (Fsp3) is 0.600. The molecule has 1 aromatic carbocycles. The number of hydrogen-bond acceptors (Lipinski definition) is 2. The minimum absolute atomic E-state index is 0.174. The van der Waals surface area contributed by atoms with Crippen molar-refractivity contribution in [2.75, 3.05) is 6.54 Å². The minimum atomic E-state index is 0.174. The predicted molar refractivity (Wildman–Crippen MR) is 72.9 cm³/mol. The van der Waals surface area contributed by atoms with Crippen LogP contribution in [0.3, 0.4) is 0 Å². The topological polar surface area (TPSA) is 38.0 Å². The molecule has 0 heterocycles. The SMILES string of the molecule is CC(NC1(CN)CCCCC1)c1ccccc1. The zero-order valence-electron chi connectivity index (χ0n) is 10.8. The lowest BCUT2D eigenvalue weighted by Gasteiger charge is -2.39. The first-order valence-electron chi connectivity index (χ1n) is 6.78. The van der Waals surface area contributed by atoms with Crippen LogP contribution in [0.2, 0.25) is 0 Å². The molecule has 17 heavy (non-hydrogen) atoms. The maximum atomic E-state index is 6.00. The van der Waals surface area contributed by atoms with Gasteiger partial charge in [0.05, 0.1) is 0 Å². The van der Waals surface area contributed by atoms with Crippen LogP contribution in [-0.2, 0) is 0 Å². The second-order valence-electron chi connectivity index (χ2n) is 5.32. The molecule has 0 saturated heterocycles. The average molecular weight is 232 g/mol. The van der Waals surface area contributed by atoms with E-state index < -0.39 is 0 Å². The Kier molecular flexibility index (Phi) is 4.19. The molecular formula is C15H24N2. The molecule has 1 fully saturated rings. The Balaban J connectivity index is 2.03. The lowest BCUT2D eigenvalue weighted by atomic mass is 9.81. The molecule has 2 heteroatoms. The van der Waals surface area contributed by atoms with Gasteiger partial charge in [-0.1, -0.05) is 49.6 Å². The van der Waals surface area contributed by atoms with E-state index in [9.17, 15) is 0 Å². The van der Waals surface area contributed by atoms with Crippen molar-refractivity contribution >= 4 is 0 Å². The fourth-order valence-corrected chi connectivity index (χ4v) is 2.92. The standard InChI is InChI=1S/C15H24N2/c1-13(14-8-4-2-5-9-14)17-15(12-16)10-6-3-7-11-15/h2,4-5,8-9,13,17H,3,6-7,10-12,16H2,1H3. The van der Waals surface area contributed by atoms with Crippen LogP contribution < -0.4 is 11.1 Å². The molecule has 0 radical (unpaired) electrons. The van der Waals surface area contributed by atoms with E-state index in [2.05, 4.69) is 42.6 Å². The molecule has 3 N–H and O–H groups in total. The summed E-state index contributed by atoms with van der Waals surface area (Å²) < 4.78 is 0. The van der Waals surface area contributed by atoms with Crippen molar-refractivity contribution in [3.05, 3.63) is 35.9 Å². The maximum Gasteiger partial charge on any atom is 0.0309 e. The first-order valence-corrected chi connectivity index (χ1v) is 6.78. The predicted octanol–water partition coefficient (Wildman–Crippen LogP) is 3.00. The number of nitrogens with two attached hydrogens (primary N) is 1. The third kappa shape index (κ3) is 3.08. The molecule has 1 aliphatic carbocycles. The zero-order chi connectivity index (χ0) is 12.1. The van der Waals surface area contributed by atoms with E-state index in [1.807, 2.05) is 0 Å². The van der Waals surface area contributed by atoms with E-state index in [1.165, 1.54) is 37.7 Å². The van der Waals surface area contributed by atoms with Gasteiger partial charge in [-0.05, 0) is 25.3 Å². The molecule has 1 aliphatic rings. The summed E-state index contributed by atoms with van der Waals surface area (Å²) >= 11 is 0. The summed E-state index contributed by atoms with van der Waals surface area (Å²) in [5, 5.41) is 3.77. The van der Waals surface area contributed by atoms with Gasteiger partial charge in [-0.3, -0.25) is 0 Å². The quantitative estimate of drug-likeness (QED) is 0.837. The van der Waals surface area contributed by atoms with Crippen LogP contribution in [0.25, 0.3) is 0 Å². The molecule has 1 aromatic rings. The van der Waals surface area contributed by atoms with Gasteiger partial charge in [0.1, 0.15) is 0 Å². The summed E-state index contributed by atoms with van der Waals surface area (Å²) in [4.78, 5) is 0. The van der Waals surface area contributed by atoms with Gasteiger partial charge >= 0.3 is 0 Å². The van der Waals surface area contributed by atoms with Gasteiger partial charge in [0.2, 0.25) is 0 Å². The number of rotatable bonds is 4. The van der Waals surface area contributed by atoms with E-state index >= 15 is 0 Å². The maximum absolute atomic E-state index is 6.00. The van der Waals surface area contributed by atoms with Gasteiger partial charge in [-0.25, -0.2) is 0 Å². The fourth-order valence-electron chi connectivity index (χ4n) is 2.92. The van der Waals surface area contributed by atoms with Crippen molar-refractivity contribution < 1.29 is 0 Å². The van der Waals surface area contributed by atoms with Crippen molar-refractivity contribution in [1.82, 2.24) is 5.32 Å². The zero-order valence-corrected chi connectivity index (χ0v) is 10.8. The Labute approximate surface area is 105 Å². The molecule has 94 valence electrons. The van der Waals surface area contributed by atoms with Crippen LogP contribution in [0.15, 0.2) is 30.3 Å². The van der Waals surface area contributed by atoms with Crippen LogP contribution in [0.1, 0.15) is 50.6 Å². The summed E-state index contributed by atoms with van der Waals surface area (Å²) in [5.41, 5.74) is 7.53. The first-order chi connectivity index (χ1) is 8.26. The molecule has 2 nitrogen and oxygen atoms in total. The molecule has 1 atom stereocenters. The smallest absolute Gasteiger partial charge is 0.0309 e. The van der Waals surface area contributed by atoms with Crippen LogP contribution >= 0.6 is 0 Å². The number of hydrogen-bond donors (Lipinski definition) is 2. The van der Waals surface area contributed by atoms with E-state index in [-0.39, 0.29) is 5.54 Å². The summed E-state index contributed by atoms with van der Waals surface area (Å²) in [5.74, 6) is 0.